The lowest BCUT2D eigenvalue weighted by atomic mass is 9.81. The van der Waals surface area contributed by atoms with E-state index >= 15 is 0 Å². The normalized spacial score (nSPS) is 30.4. The van der Waals surface area contributed by atoms with Crippen molar-refractivity contribution >= 4 is 12.0 Å². The standard InChI is InChI=1S/C15H26N2O3/c1-10(2)11(3)7-16-14(20)17-8-12-5-4-6-15(12,9-17)13(18)19/h10-12H,4-9H2,1-3H3,(H,16,20)(H,18,19)/t11?,12-,15+/m0/s1. The van der Waals surface area contributed by atoms with Crippen LogP contribution in [0.2, 0.25) is 0 Å². The molecule has 5 heteroatoms. The minimum Gasteiger partial charge on any atom is -0.481 e. The third-order valence-electron chi connectivity index (χ3n) is 5.30. The van der Waals surface area contributed by atoms with E-state index in [1.165, 1.54) is 0 Å². The number of likely N-dealkylation sites (tertiary alicyclic amines) is 1. The number of fused-ring (bicyclic) bond motifs is 1. The van der Waals surface area contributed by atoms with E-state index in [4.69, 9.17) is 0 Å². The highest BCUT2D eigenvalue weighted by Crippen LogP contribution is 2.48. The maximum Gasteiger partial charge on any atom is 0.317 e. The lowest BCUT2D eigenvalue weighted by molar-refractivity contribution is -0.149. The fourth-order valence-electron chi connectivity index (χ4n) is 3.39. The van der Waals surface area contributed by atoms with Crippen molar-refractivity contribution in [2.75, 3.05) is 19.6 Å². The molecule has 1 aliphatic heterocycles. The predicted molar refractivity (Wildman–Crippen MR) is 76.4 cm³/mol. The Kier molecular flexibility index (Phi) is 4.25. The number of nitrogens with one attached hydrogen (secondary N) is 1. The SMILES string of the molecule is CC(C)C(C)CNC(=O)N1C[C@@H]2CCC[C@@]2(C(=O)O)C1. The molecule has 2 rings (SSSR count). The van der Waals surface area contributed by atoms with Crippen LogP contribution in [0.5, 0.6) is 0 Å². The van der Waals surface area contributed by atoms with E-state index in [0.717, 1.165) is 12.8 Å². The first kappa shape index (κ1) is 15.1. The van der Waals surface area contributed by atoms with Crippen LogP contribution in [0, 0.1) is 23.2 Å². The Bertz CT molecular complexity index is 397. The first-order chi connectivity index (χ1) is 9.36. The number of hydrogen-bond donors (Lipinski definition) is 2. The van der Waals surface area contributed by atoms with Crippen LogP contribution >= 0.6 is 0 Å². The number of nitrogens with zero attached hydrogens (tertiary/aromatic N) is 1. The summed E-state index contributed by atoms with van der Waals surface area (Å²) >= 11 is 0. The predicted octanol–water partition coefficient (Wildman–Crippen LogP) is 2.17. The Morgan fingerprint density at radius 1 is 1.40 bits per heavy atom. The third kappa shape index (κ3) is 2.63. The van der Waals surface area contributed by atoms with Gasteiger partial charge in [0.1, 0.15) is 0 Å². The minimum atomic E-state index is -0.731. The quantitative estimate of drug-likeness (QED) is 0.830. The van der Waals surface area contributed by atoms with Crippen LogP contribution in [0.15, 0.2) is 0 Å². The van der Waals surface area contributed by atoms with Gasteiger partial charge >= 0.3 is 12.0 Å². The highest BCUT2D eigenvalue weighted by molar-refractivity contribution is 5.80. The van der Waals surface area contributed by atoms with Gasteiger partial charge in [0.15, 0.2) is 0 Å². The van der Waals surface area contributed by atoms with Crippen molar-refractivity contribution in [1.82, 2.24) is 10.2 Å². The molecule has 2 N–H and O–H groups in total. The van der Waals surface area contributed by atoms with Crippen molar-refractivity contribution in [2.45, 2.75) is 40.0 Å². The molecule has 2 amide bonds. The van der Waals surface area contributed by atoms with Crippen molar-refractivity contribution in [2.24, 2.45) is 23.2 Å². The van der Waals surface area contributed by atoms with Gasteiger partial charge in [-0.25, -0.2) is 4.79 Å². The zero-order chi connectivity index (χ0) is 14.9. The summed E-state index contributed by atoms with van der Waals surface area (Å²) in [7, 11) is 0. The molecule has 0 aromatic carbocycles. The fourth-order valence-corrected chi connectivity index (χ4v) is 3.39. The van der Waals surface area contributed by atoms with Crippen LogP contribution in [0.4, 0.5) is 4.79 Å². The van der Waals surface area contributed by atoms with E-state index in [1.807, 2.05) is 0 Å². The van der Waals surface area contributed by atoms with Crippen molar-refractivity contribution in [1.29, 1.82) is 0 Å². The molecule has 1 aliphatic carbocycles. The molecular weight excluding hydrogens is 256 g/mol. The molecule has 3 atom stereocenters. The first-order valence-electron chi connectivity index (χ1n) is 7.63. The van der Waals surface area contributed by atoms with Crippen LogP contribution in [-0.2, 0) is 4.79 Å². The molecule has 0 radical (unpaired) electrons. The molecule has 0 spiro atoms. The lowest BCUT2D eigenvalue weighted by Crippen LogP contribution is -2.43. The van der Waals surface area contributed by atoms with Gasteiger partial charge in [-0.05, 0) is 30.6 Å². The van der Waals surface area contributed by atoms with Crippen molar-refractivity contribution in [3.8, 4) is 0 Å². The van der Waals surface area contributed by atoms with Gasteiger partial charge in [-0.15, -0.1) is 0 Å². The summed E-state index contributed by atoms with van der Waals surface area (Å²) in [5.74, 6) is 0.354. The number of carboxylic acids is 1. The Balaban J connectivity index is 1.92. The Morgan fingerprint density at radius 3 is 2.65 bits per heavy atom. The van der Waals surface area contributed by atoms with Gasteiger partial charge < -0.3 is 15.3 Å². The van der Waals surface area contributed by atoms with Crippen LogP contribution in [0.25, 0.3) is 0 Å². The van der Waals surface area contributed by atoms with Gasteiger partial charge in [-0.3, -0.25) is 4.79 Å². The topological polar surface area (TPSA) is 69.6 Å². The summed E-state index contributed by atoms with van der Waals surface area (Å²) in [5.41, 5.74) is -0.680. The first-order valence-corrected chi connectivity index (χ1v) is 7.63. The summed E-state index contributed by atoms with van der Waals surface area (Å²) in [5, 5.41) is 12.5. The fraction of sp³-hybridized carbons (Fsp3) is 0.867. The number of rotatable bonds is 4. The smallest absolute Gasteiger partial charge is 0.317 e. The molecule has 1 saturated carbocycles. The largest absolute Gasteiger partial charge is 0.481 e. The Labute approximate surface area is 120 Å². The van der Waals surface area contributed by atoms with E-state index in [-0.39, 0.29) is 11.9 Å². The van der Waals surface area contributed by atoms with Gasteiger partial charge in [0.25, 0.3) is 0 Å². The van der Waals surface area contributed by atoms with Gasteiger partial charge in [0.05, 0.1) is 5.41 Å². The molecule has 1 heterocycles. The Morgan fingerprint density at radius 2 is 2.10 bits per heavy atom. The van der Waals surface area contributed by atoms with E-state index in [0.29, 0.717) is 37.9 Å². The van der Waals surface area contributed by atoms with E-state index in [1.54, 1.807) is 4.90 Å². The molecule has 0 aromatic rings. The van der Waals surface area contributed by atoms with E-state index in [2.05, 4.69) is 26.1 Å². The molecule has 2 aliphatic rings. The molecule has 2 fully saturated rings. The molecule has 114 valence electrons. The summed E-state index contributed by atoms with van der Waals surface area (Å²) in [6, 6.07) is -0.104. The van der Waals surface area contributed by atoms with Crippen LogP contribution in [0.3, 0.4) is 0 Å². The number of hydrogen-bond acceptors (Lipinski definition) is 2. The number of carbonyl (C=O) groups excluding carboxylic acids is 1. The van der Waals surface area contributed by atoms with Crippen molar-refractivity contribution in [3.05, 3.63) is 0 Å². The molecule has 1 saturated heterocycles. The number of aliphatic carboxylic acids is 1. The summed E-state index contributed by atoms with van der Waals surface area (Å²) < 4.78 is 0. The van der Waals surface area contributed by atoms with E-state index in [9.17, 15) is 14.7 Å². The average molecular weight is 282 g/mol. The van der Waals surface area contributed by atoms with Crippen LogP contribution in [0.1, 0.15) is 40.0 Å². The number of amides is 2. The second-order valence-electron chi connectivity index (χ2n) is 6.84. The van der Waals surface area contributed by atoms with Gasteiger partial charge in [-0.2, -0.15) is 0 Å². The molecule has 5 nitrogen and oxygen atoms in total. The van der Waals surface area contributed by atoms with Gasteiger partial charge in [0, 0.05) is 19.6 Å². The zero-order valence-corrected chi connectivity index (χ0v) is 12.7. The summed E-state index contributed by atoms with van der Waals surface area (Å²) in [4.78, 5) is 25.5. The second-order valence-corrected chi connectivity index (χ2v) is 6.84. The molecule has 0 bridgehead atoms. The molecular formula is C15H26N2O3. The highest BCUT2D eigenvalue weighted by atomic mass is 16.4. The van der Waals surface area contributed by atoms with Gasteiger partial charge in [-0.1, -0.05) is 27.2 Å². The van der Waals surface area contributed by atoms with Crippen molar-refractivity contribution in [3.63, 3.8) is 0 Å². The monoisotopic (exact) mass is 282 g/mol. The maximum absolute atomic E-state index is 12.2. The number of carboxylic acid groups (broad SMARTS) is 1. The molecule has 0 aromatic heterocycles. The summed E-state index contributed by atoms with van der Waals surface area (Å²) in [6.45, 7) is 8.00. The van der Waals surface area contributed by atoms with Crippen LogP contribution in [-0.4, -0.2) is 41.6 Å². The van der Waals surface area contributed by atoms with Crippen molar-refractivity contribution < 1.29 is 14.7 Å². The number of carbonyl (C=O) groups is 2. The van der Waals surface area contributed by atoms with Gasteiger partial charge in [0.2, 0.25) is 0 Å². The minimum absolute atomic E-state index is 0.104. The number of urea groups is 1. The lowest BCUT2D eigenvalue weighted by Gasteiger charge is -2.24. The maximum atomic E-state index is 12.2. The Hall–Kier alpha value is -1.26. The highest BCUT2D eigenvalue weighted by Gasteiger charge is 2.55. The summed E-state index contributed by atoms with van der Waals surface area (Å²) in [6.07, 6.45) is 2.61. The van der Waals surface area contributed by atoms with E-state index < -0.39 is 11.4 Å². The molecule has 20 heavy (non-hydrogen) atoms. The zero-order valence-electron chi connectivity index (χ0n) is 12.7. The third-order valence-corrected chi connectivity index (χ3v) is 5.30. The second kappa shape index (κ2) is 5.62. The molecule has 1 unspecified atom stereocenters. The van der Waals surface area contributed by atoms with Crippen LogP contribution < -0.4 is 5.32 Å². The average Bonchev–Trinajstić information content (AvgIpc) is 2.92.